The van der Waals surface area contributed by atoms with Gasteiger partial charge >= 0.3 is 0 Å². The van der Waals surface area contributed by atoms with Crippen LogP contribution in [0.2, 0.25) is 0 Å². The van der Waals surface area contributed by atoms with E-state index in [1.54, 1.807) is 11.3 Å². The summed E-state index contributed by atoms with van der Waals surface area (Å²) in [6, 6.07) is 0. The first-order valence-electron chi connectivity index (χ1n) is 8.36. The second-order valence-electron chi connectivity index (χ2n) is 5.77. The first-order chi connectivity index (χ1) is 10.7. The molecular weight excluding hydrogens is 421 g/mol. The molecule has 0 amide bonds. The van der Waals surface area contributed by atoms with Crippen LogP contribution in [-0.4, -0.2) is 48.6 Å². The highest BCUT2D eigenvalue weighted by molar-refractivity contribution is 14.0. The van der Waals surface area contributed by atoms with E-state index in [0.717, 1.165) is 29.8 Å². The molecule has 2 N–H and O–H groups in total. The Bertz CT molecular complexity index is 483. The molecule has 1 aliphatic rings. The topological polar surface area (TPSA) is 52.6 Å². The predicted octanol–water partition coefficient (Wildman–Crippen LogP) is 2.92. The highest BCUT2D eigenvalue weighted by atomic mass is 127. The molecule has 1 aromatic heterocycles. The van der Waals surface area contributed by atoms with Gasteiger partial charge in [-0.05, 0) is 59.7 Å². The van der Waals surface area contributed by atoms with Gasteiger partial charge in [0.2, 0.25) is 0 Å². The van der Waals surface area contributed by atoms with Gasteiger partial charge in [-0.15, -0.1) is 35.3 Å². The Morgan fingerprint density at radius 3 is 2.61 bits per heavy atom. The third-order valence-corrected chi connectivity index (χ3v) is 4.92. The summed E-state index contributed by atoms with van der Waals surface area (Å²) in [6.07, 6.45) is 3.90. The van der Waals surface area contributed by atoms with Crippen LogP contribution in [0.25, 0.3) is 0 Å². The van der Waals surface area contributed by atoms with Crippen LogP contribution < -0.4 is 10.6 Å². The second kappa shape index (κ2) is 11.2. The highest BCUT2D eigenvalue weighted by Gasteiger charge is 2.10. The van der Waals surface area contributed by atoms with Crippen LogP contribution in [0.1, 0.15) is 41.8 Å². The van der Waals surface area contributed by atoms with Crippen LogP contribution in [0.4, 0.5) is 0 Å². The molecule has 1 aliphatic heterocycles. The van der Waals surface area contributed by atoms with Crippen molar-refractivity contribution < 1.29 is 0 Å². The number of nitrogens with zero attached hydrogens (tertiary/aromatic N) is 3. The molecule has 2 heterocycles. The van der Waals surface area contributed by atoms with Gasteiger partial charge in [-0.2, -0.15) is 0 Å². The first kappa shape index (κ1) is 20.6. The Kier molecular flexibility index (Phi) is 10.0. The minimum atomic E-state index is 0. The van der Waals surface area contributed by atoms with Crippen molar-refractivity contribution in [2.24, 2.45) is 4.99 Å². The number of halogens is 1. The number of rotatable bonds is 7. The molecule has 7 heteroatoms. The molecule has 0 aliphatic carbocycles. The smallest absolute Gasteiger partial charge is 0.191 e. The van der Waals surface area contributed by atoms with Gasteiger partial charge in [0.05, 0.1) is 17.2 Å². The summed E-state index contributed by atoms with van der Waals surface area (Å²) >= 11 is 1.74. The zero-order chi connectivity index (χ0) is 15.8. The van der Waals surface area contributed by atoms with E-state index in [4.69, 9.17) is 0 Å². The van der Waals surface area contributed by atoms with Crippen LogP contribution in [-0.2, 0) is 6.54 Å². The minimum Gasteiger partial charge on any atom is -0.357 e. The lowest BCUT2D eigenvalue weighted by atomic mass is 10.4. The third-order valence-electron chi connectivity index (χ3n) is 3.87. The largest absolute Gasteiger partial charge is 0.357 e. The first-order valence-corrected chi connectivity index (χ1v) is 9.18. The molecule has 0 saturated carbocycles. The van der Waals surface area contributed by atoms with Crippen molar-refractivity contribution in [2.45, 2.75) is 46.6 Å². The van der Waals surface area contributed by atoms with Gasteiger partial charge < -0.3 is 15.5 Å². The lowest BCUT2D eigenvalue weighted by Crippen LogP contribution is -2.38. The Morgan fingerprint density at radius 2 is 2.00 bits per heavy atom. The average Bonchev–Trinajstić information content (AvgIpc) is 3.10. The lowest BCUT2D eigenvalue weighted by molar-refractivity contribution is 0.334. The Labute approximate surface area is 161 Å². The normalized spacial score (nSPS) is 15.5. The Balaban J connectivity index is 0.00000264. The van der Waals surface area contributed by atoms with E-state index < -0.39 is 0 Å². The quantitative estimate of drug-likeness (QED) is 0.290. The lowest BCUT2D eigenvalue weighted by Gasteiger charge is -2.15. The molecule has 0 bridgehead atoms. The fourth-order valence-electron chi connectivity index (χ4n) is 2.73. The standard InChI is InChI=1S/C16H29N5S.HI/c1-4-17-16(18-8-7-11-21-9-5-6-10-21)19-12-15-13(2)20-14(3)22-15;/h4-12H2,1-3H3,(H2,17,18,19);1H. The van der Waals surface area contributed by atoms with E-state index in [1.807, 2.05) is 6.92 Å². The Hall–Kier alpha value is -0.410. The summed E-state index contributed by atoms with van der Waals surface area (Å²) in [4.78, 5) is 12.9. The van der Waals surface area contributed by atoms with Crippen LogP contribution in [0, 0.1) is 13.8 Å². The average molecular weight is 451 g/mol. The number of aromatic nitrogens is 1. The molecule has 0 spiro atoms. The van der Waals surface area contributed by atoms with Gasteiger partial charge in [0.1, 0.15) is 0 Å². The van der Waals surface area contributed by atoms with E-state index in [2.05, 4.69) is 39.4 Å². The summed E-state index contributed by atoms with van der Waals surface area (Å²) in [6.45, 7) is 12.5. The van der Waals surface area contributed by atoms with Crippen LogP contribution >= 0.6 is 35.3 Å². The fourth-order valence-corrected chi connectivity index (χ4v) is 3.59. The summed E-state index contributed by atoms with van der Waals surface area (Å²) in [7, 11) is 0. The van der Waals surface area contributed by atoms with Crippen molar-refractivity contribution in [3.63, 3.8) is 0 Å². The molecule has 1 aromatic rings. The summed E-state index contributed by atoms with van der Waals surface area (Å²) < 4.78 is 0. The molecule has 2 rings (SSSR count). The molecule has 132 valence electrons. The van der Waals surface area contributed by atoms with Gasteiger partial charge in [-0.3, -0.25) is 0 Å². The van der Waals surface area contributed by atoms with E-state index in [0.29, 0.717) is 6.54 Å². The van der Waals surface area contributed by atoms with Crippen LogP contribution in [0.15, 0.2) is 4.99 Å². The molecule has 5 nitrogen and oxygen atoms in total. The van der Waals surface area contributed by atoms with Crippen LogP contribution in [0.3, 0.4) is 0 Å². The van der Waals surface area contributed by atoms with Gasteiger partial charge in [-0.25, -0.2) is 9.98 Å². The molecule has 1 fully saturated rings. The maximum absolute atomic E-state index is 4.68. The number of guanidine groups is 1. The summed E-state index contributed by atoms with van der Waals surface area (Å²) in [5.74, 6) is 0.911. The van der Waals surface area contributed by atoms with Gasteiger partial charge in [0.25, 0.3) is 0 Å². The number of aryl methyl sites for hydroxylation is 2. The van der Waals surface area contributed by atoms with E-state index in [9.17, 15) is 0 Å². The molecule has 0 aromatic carbocycles. The number of nitrogens with one attached hydrogen (secondary N) is 2. The maximum atomic E-state index is 4.68. The SMILES string of the molecule is CCNC(=NCc1sc(C)nc1C)NCCCN1CCCC1.I. The monoisotopic (exact) mass is 451 g/mol. The third kappa shape index (κ3) is 7.34. The van der Waals surface area contributed by atoms with Crippen molar-refractivity contribution in [2.75, 3.05) is 32.7 Å². The number of thiazole rings is 1. The van der Waals surface area contributed by atoms with Gasteiger partial charge in [0.15, 0.2) is 5.96 Å². The number of aliphatic imine (C=N–C) groups is 1. The molecule has 1 saturated heterocycles. The Morgan fingerprint density at radius 1 is 1.26 bits per heavy atom. The van der Waals surface area contributed by atoms with Crippen molar-refractivity contribution in [3.8, 4) is 0 Å². The zero-order valence-corrected chi connectivity index (χ0v) is 17.7. The van der Waals surface area contributed by atoms with Crippen LogP contribution in [0.5, 0.6) is 0 Å². The van der Waals surface area contributed by atoms with Crippen molar-refractivity contribution in [3.05, 3.63) is 15.6 Å². The highest BCUT2D eigenvalue weighted by Crippen LogP contribution is 2.17. The molecule has 0 unspecified atom stereocenters. The predicted molar refractivity (Wildman–Crippen MR) is 110 cm³/mol. The maximum Gasteiger partial charge on any atom is 0.191 e. The van der Waals surface area contributed by atoms with E-state index in [-0.39, 0.29) is 24.0 Å². The fraction of sp³-hybridized carbons (Fsp3) is 0.750. The molecule has 23 heavy (non-hydrogen) atoms. The molecule has 0 radical (unpaired) electrons. The number of likely N-dealkylation sites (tertiary alicyclic amines) is 1. The van der Waals surface area contributed by atoms with Crippen molar-refractivity contribution in [1.82, 2.24) is 20.5 Å². The van der Waals surface area contributed by atoms with Gasteiger partial charge in [-0.1, -0.05) is 0 Å². The second-order valence-corrected chi connectivity index (χ2v) is 7.05. The molecular formula is C16H30IN5S. The number of hydrogen-bond acceptors (Lipinski definition) is 4. The van der Waals surface area contributed by atoms with Gasteiger partial charge in [0, 0.05) is 18.0 Å². The van der Waals surface area contributed by atoms with Crippen molar-refractivity contribution >= 4 is 41.3 Å². The van der Waals surface area contributed by atoms with E-state index >= 15 is 0 Å². The minimum absolute atomic E-state index is 0. The molecule has 0 atom stereocenters. The summed E-state index contributed by atoms with van der Waals surface area (Å²) in [5, 5.41) is 7.87. The van der Waals surface area contributed by atoms with E-state index in [1.165, 1.54) is 43.8 Å². The summed E-state index contributed by atoms with van der Waals surface area (Å²) in [5.41, 5.74) is 1.11. The zero-order valence-electron chi connectivity index (χ0n) is 14.5. The number of hydrogen-bond donors (Lipinski definition) is 2. The van der Waals surface area contributed by atoms with Crippen molar-refractivity contribution in [1.29, 1.82) is 0 Å².